The Morgan fingerprint density at radius 3 is 2.52 bits per heavy atom. The minimum atomic E-state index is -0.589. The molecule has 1 aromatic carbocycles. The summed E-state index contributed by atoms with van der Waals surface area (Å²) in [5.41, 5.74) is 0.106. The fourth-order valence-electron chi connectivity index (χ4n) is 3.88. The number of hydrogen-bond donors (Lipinski definition) is 1. The summed E-state index contributed by atoms with van der Waals surface area (Å²) < 4.78 is 13.9. The van der Waals surface area contributed by atoms with E-state index in [-0.39, 0.29) is 5.82 Å². The van der Waals surface area contributed by atoms with Gasteiger partial charge in [-0.2, -0.15) is 0 Å². The minimum absolute atomic E-state index is 0.148. The van der Waals surface area contributed by atoms with E-state index >= 15 is 0 Å². The largest absolute Gasteiger partial charge is 0.387 e. The van der Waals surface area contributed by atoms with Crippen molar-refractivity contribution in [3.05, 3.63) is 30.1 Å². The Kier molecular flexibility index (Phi) is 5.19. The van der Waals surface area contributed by atoms with Gasteiger partial charge in [0.05, 0.1) is 11.3 Å². The highest BCUT2D eigenvalue weighted by atomic mass is 19.1. The molecule has 2 fully saturated rings. The van der Waals surface area contributed by atoms with Crippen LogP contribution >= 0.6 is 0 Å². The minimum Gasteiger partial charge on any atom is -0.387 e. The van der Waals surface area contributed by atoms with Gasteiger partial charge in [-0.3, -0.25) is 4.90 Å². The van der Waals surface area contributed by atoms with Gasteiger partial charge in [0.15, 0.2) is 0 Å². The van der Waals surface area contributed by atoms with Crippen LogP contribution in [0.2, 0.25) is 0 Å². The summed E-state index contributed by atoms with van der Waals surface area (Å²) >= 11 is 0. The van der Waals surface area contributed by atoms with Crippen LogP contribution in [-0.4, -0.2) is 72.9 Å². The molecule has 2 heterocycles. The second-order valence-electron chi connectivity index (χ2n) is 6.91. The van der Waals surface area contributed by atoms with Crippen molar-refractivity contribution in [2.45, 2.75) is 25.4 Å². The second kappa shape index (κ2) is 7.16. The van der Waals surface area contributed by atoms with Crippen LogP contribution in [0.4, 0.5) is 10.1 Å². The number of likely N-dealkylation sites (tertiary alicyclic amines) is 1. The normalized spacial score (nSPS) is 27.3. The number of piperidine rings is 1. The maximum absolute atomic E-state index is 13.9. The molecule has 0 saturated carbocycles. The van der Waals surface area contributed by atoms with Gasteiger partial charge in [-0.15, -0.1) is 0 Å². The van der Waals surface area contributed by atoms with Crippen molar-refractivity contribution in [3.63, 3.8) is 0 Å². The Morgan fingerprint density at radius 2 is 1.83 bits per heavy atom. The van der Waals surface area contributed by atoms with Crippen LogP contribution in [0.3, 0.4) is 0 Å². The third-order valence-electron chi connectivity index (χ3n) is 5.16. The molecule has 1 unspecified atom stereocenters. The van der Waals surface area contributed by atoms with Crippen LogP contribution in [0.15, 0.2) is 24.3 Å². The maximum atomic E-state index is 13.9. The molecule has 0 bridgehead atoms. The number of piperazine rings is 1. The topological polar surface area (TPSA) is 30.0 Å². The molecular weight excluding hydrogens is 293 g/mol. The van der Waals surface area contributed by atoms with E-state index in [0.717, 1.165) is 65.2 Å². The van der Waals surface area contributed by atoms with Crippen molar-refractivity contribution in [3.8, 4) is 0 Å². The number of para-hydroxylation sites is 1. The number of likely N-dealkylation sites (N-methyl/N-ethyl adjacent to an activating group) is 1. The zero-order valence-corrected chi connectivity index (χ0v) is 14.0. The first-order valence-corrected chi connectivity index (χ1v) is 8.76. The van der Waals surface area contributed by atoms with E-state index in [2.05, 4.69) is 21.6 Å². The van der Waals surface area contributed by atoms with Crippen LogP contribution < -0.4 is 4.90 Å². The molecule has 0 spiro atoms. The van der Waals surface area contributed by atoms with Crippen LogP contribution in [0, 0.1) is 5.82 Å². The quantitative estimate of drug-likeness (QED) is 0.916. The number of rotatable bonds is 4. The van der Waals surface area contributed by atoms with Gasteiger partial charge in [0.1, 0.15) is 5.82 Å². The summed E-state index contributed by atoms with van der Waals surface area (Å²) in [6.07, 6.45) is 1.95. The molecule has 0 radical (unpaired) electrons. The second-order valence-corrected chi connectivity index (χ2v) is 6.91. The van der Waals surface area contributed by atoms with Crippen LogP contribution in [0.5, 0.6) is 0 Å². The first-order valence-electron chi connectivity index (χ1n) is 8.76. The zero-order valence-electron chi connectivity index (χ0n) is 14.0. The highest BCUT2D eigenvalue weighted by Crippen LogP contribution is 2.24. The highest BCUT2D eigenvalue weighted by Gasteiger charge is 2.35. The number of nitrogens with zero attached hydrogens (tertiary/aromatic N) is 3. The lowest BCUT2D eigenvalue weighted by atomic mass is 9.92. The molecule has 3 rings (SSSR count). The van der Waals surface area contributed by atoms with Gasteiger partial charge in [0, 0.05) is 39.3 Å². The number of anilines is 1. The smallest absolute Gasteiger partial charge is 0.146 e. The van der Waals surface area contributed by atoms with Crippen LogP contribution in [0.25, 0.3) is 0 Å². The maximum Gasteiger partial charge on any atom is 0.146 e. The van der Waals surface area contributed by atoms with E-state index in [1.54, 1.807) is 6.07 Å². The Hall–Kier alpha value is -1.17. The average molecular weight is 321 g/mol. The van der Waals surface area contributed by atoms with Gasteiger partial charge in [-0.1, -0.05) is 19.1 Å². The van der Waals surface area contributed by atoms with Gasteiger partial charge >= 0.3 is 0 Å². The number of hydrogen-bond acceptors (Lipinski definition) is 4. The Morgan fingerprint density at radius 1 is 1.09 bits per heavy atom. The number of β-amino-alcohol motifs (C(OH)–C–C–N with tert-alkyl or cyclic N) is 1. The molecule has 1 atom stereocenters. The summed E-state index contributed by atoms with van der Waals surface area (Å²) in [4.78, 5) is 6.77. The van der Waals surface area contributed by atoms with Crippen molar-refractivity contribution in [1.29, 1.82) is 0 Å². The molecule has 4 nitrogen and oxygen atoms in total. The first kappa shape index (κ1) is 16.7. The lowest BCUT2D eigenvalue weighted by molar-refractivity contribution is -0.0527. The predicted octanol–water partition coefficient (Wildman–Crippen LogP) is 1.79. The molecule has 0 aliphatic carbocycles. The van der Waals surface area contributed by atoms with Crippen molar-refractivity contribution in [1.82, 2.24) is 9.80 Å². The van der Waals surface area contributed by atoms with E-state index in [4.69, 9.17) is 0 Å². The molecule has 23 heavy (non-hydrogen) atoms. The van der Waals surface area contributed by atoms with E-state index in [1.165, 1.54) is 6.07 Å². The fourth-order valence-corrected chi connectivity index (χ4v) is 3.88. The van der Waals surface area contributed by atoms with Crippen LogP contribution in [-0.2, 0) is 0 Å². The van der Waals surface area contributed by atoms with Gasteiger partial charge < -0.3 is 14.9 Å². The molecule has 2 aliphatic rings. The molecule has 1 N–H and O–H groups in total. The SMILES string of the molecule is CCN1CCCC(O)(CN2CCN(c3ccccc3F)CC2)C1. The number of halogens is 1. The molecule has 0 amide bonds. The summed E-state index contributed by atoms with van der Waals surface area (Å²) in [7, 11) is 0. The lowest BCUT2D eigenvalue weighted by Gasteiger charge is -2.44. The molecule has 0 aromatic heterocycles. The summed E-state index contributed by atoms with van der Waals surface area (Å²) in [6.45, 7) is 9.14. The highest BCUT2D eigenvalue weighted by molar-refractivity contribution is 5.47. The Bertz CT molecular complexity index is 519. The van der Waals surface area contributed by atoms with Crippen molar-refractivity contribution in [2.75, 3.05) is 57.3 Å². The molecular formula is C18H28FN3O. The zero-order chi connectivity index (χ0) is 16.3. The van der Waals surface area contributed by atoms with Crippen LogP contribution in [0.1, 0.15) is 19.8 Å². The Labute approximate surface area is 138 Å². The first-order chi connectivity index (χ1) is 11.1. The van der Waals surface area contributed by atoms with Gasteiger partial charge in [0.25, 0.3) is 0 Å². The van der Waals surface area contributed by atoms with E-state index < -0.39 is 5.60 Å². The third-order valence-corrected chi connectivity index (χ3v) is 5.16. The predicted molar refractivity (Wildman–Crippen MR) is 91.4 cm³/mol. The number of benzene rings is 1. The molecule has 2 saturated heterocycles. The number of aliphatic hydroxyl groups is 1. The van der Waals surface area contributed by atoms with Gasteiger partial charge in [-0.25, -0.2) is 4.39 Å². The van der Waals surface area contributed by atoms with Crippen molar-refractivity contribution < 1.29 is 9.50 Å². The van der Waals surface area contributed by atoms with Crippen molar-refractivity contribution in [2.24, 2.45) is 0 Å². The van der Waals surface area contributed by atoms with E-state index in [1.807, 2.05) is 12.1 Å². The van der Waals surface area contributed by atoms with Gasteiger partial charge in [-0.05, 0) is 38.1 Å². The third kappa shape index (κ3) is 4.03. The van der Waals surface area contributed by atoms with Crippen molar-refractivity contribution >= 4 is 5.69 Å². The monoisotopic (exact) mass is 321 g/mol. The van der Waals surface area contributed by atoms with E-state index in [9.17, 15) is 9.50 Å². The molecule has 128 valence electrons. The lowest BCUT2D eigenvalue weighted by Crippen LogP contribution is -2.57. The van der Waals surface area contributed by atoms with E-state index in [0.29, 0.717) is 5.69 Å². The van der Waals surface area contributed by atoms with Gasteiger partial charge in [0.2, 0.25) is 0 Å². The summed E-state index contributed by atoms with van der Waals surface area (Å²) in [5.74, 6) is -0.148. The fraction of sp³-hybridized carbons (Fsp3) is 0.667. The molecule has 1 aromatic rings. The average Bonchev–Trinajstić information content (AvgIpc) is 2.56. The molecule has 2 aliphatic heterocycles. The Balaban J connectivity index is 1.54. The summed E-state index contributed by atoms with van der Waals surface area (Å²) in [5, 5.41) is 10.9. The molecule has 5 heteroatoms. The standard InChI is InChI=1S/C18H28FN3O/c1-2-20-9-5-8-18(23,14-20)15-21-10-12-22(13-11-21)17-7-4-3-6-16(17)19/h3-4,6-7,23H,2,5,8-15H2,1H3. The summed E-state index contributed by atoms with van der Waals surface area (Å²) in [6, 6.07) is 6.98.